The summed E-state index contributed by atoms with van der Waals surface area (Å²) < 4.78 is 26.3. The standard InChI is InChI=1S/C18H16F2N2O2/c19-12-7-8-16(15(20)11-12)21-9-3-4-10-22-17(23)13-5-1-2-6-14(13)18(22)24/h1-2,5-8,11,21H,3-4,9-10H2. The highest BCUT2D eigenvalue weighted by Crippen LogP contribution is 2.22. The highest BCUT2D eigenvalue weighted by molar-refractivity contribution is 6.21. The molecule has 0 spiro atoms. The molecule has 24 heavy (non-hydrogen) atoms. The SMILES string of the molecule is O=C1c2ccccc2C(=O)N1CCCCNc1ccc(F)cc1F. The third-order valence-corrected chi connectivity index (χ3v) is 3.93. The largest absolute Gasteiger partial charge is 0.383 e. The number of anilines is 1. The molecular formula is C18H16F2N2O2. The number of nitrogens with one attached hydrogen (secondary N) is 1. The number of carbonyl (C=O) groups excluding carboxylic acids is 2. The summed E-state index contributed by atoms with van der Waals surface area (Å²) in [7, 11) is 0. The molecule has 0 radical (unpaired) electrons. The van der Waals surface area contributed by atoms with Crippen molar-refractivity contribution in [2.24, 2.45) is 0 Å². The fourth-order valence-corrected chi connectivity index (χ4v) is 2.69. The van der Waals surface area contributed by atoms with E-state index in [9.17, 15) is 18.4 Å². The van der Waals surface area contributed by atoms with E-state index in [4.69, 9.17) is 0 Å². The number of nitrogens with zero attached hydrogens (tertiary/aromatic N) is 1. The van der Waals surface area contributed by atoms with Crippen LogP contribution in [-0.4, -0.2) is 29.8 Å². The molecule has 0 aromatic heterocycles. The number of hydrogen-bond acceptors (Lipinski definition) is 3. The minimum atomic E-state index is -0.643. The van der Waals surface area contributed by atoms with Gasteiger partial charge in [-0.3, -0.25) is 14.5 Å². The van der Waals surface area contributed by atoms with Crippen LogP contribution in [0, 0.1) is 11.6 Å². The van der Waals surface area contributed by atoms with Gasteiger partial charge in [0.2, 0.25) is 0 Å². The molecule has 0 fully saturated rings. The zero-order valence-electron chi connectivity index (χ0n) is 12.9. The minimum absolute atomic E-state index is 0.233. The molecule has 1 heterocycles. The number of carbonyl (C=O) groups is 2. The van der Waals surface area contributed by atoms with E-state index in [1.807, 2.05) is 0 Å². The molecule has 2 aromatic carbocycles. The summed E-state index contributed by atoms with van der Waals surface area (Å²) in [5.41, 5.74) is 1.11. The van der Waals surface area contributed by atoms with Gasteiger partial charge in [0.25, 0.3) is 11.8 Å². The summed E-state index contributed by atoms with van der Waals surface area (Å²) in [6.45, 7) is 0.783. The Morgan fingerprint density at radius 2 is 1.58 bits per heavy atom. The van der Waals surface area contributed by atoms with Crippen molar-refractivity contribution in [3.8, 4) is 0 Å². The smallest absolute Gasteiger partial charge is 0.261 e. The van der Waals surface area contributed by atoms with Crippen LogP contribution >= 0.6 is 0 Å². The summed E-state index contributed by atoms with van der Waals surface area (Å²) in [5.74, 6) is -1.81. The lowest BCUT2D eigenvalue weighted by Crippen LogP contribution is -2.30. The van der Waals surface area contributed by atoms with Crippen LogP contribution < -0.4 is 5.32 Å². The van der Waals surface area contributed by atoms with Gasteiger partial charge in [-0.2, -0.15) is 0 Å². The fourth-order valence-electron chi connectivity index (χ4n) is 2.69. The Labute approximate surface area is 138 Å². The predicted octanol–water partition coefficient (Wildman–Crippen LogP) is 3.45. The second kappa shape index (κ2) is 6.78. The molecule has 0 atom stereocenters. The second-order valence-electron chi connectivity index (χ2n) is 5.57. The van der Waals surface area contributed by atoms with Crippen LogP contribution in [-0.2, 0) is 0 Å². The normalized spacial score (nSPS) is 13.3. The van der Waals surface area contributed by atoms with Gasteiger partial charge in [0, 0.05) is 19.2 Å². The lowest BCUT2D eigenvalue weighted by molar-refractivity contribution is 0.0652. The predicted molar refractivity (Wildman–Crippen MR) is 85.9 cm³/mol. The van der Waals surface area contributed by atoms with Crippen LogP contribution in [0.25, 0.3) is 0 Å². The van der Waals surface area contributed by atoms with Gasteiger partial charge < -0.3 is 5.32 Å². The molecule has 3 rings (SSSR count). The summed E-state index contributed by atoms with van der Waals surface area (Å²) in [5, 5.41) is 2.88. The molecule has 124 valence electrons. The van der Waals surface area contributed by atoms with Crippen molar-refractivity contribution in [1.82, 2.24) is 4.90 Å². The van der Waals surface area contributed by atoms with Crippen LogP contribution in [0.1, 0.15) is 33.6 Å². The van der Waals surface area contributed by atoms with Crippen LogP contribution in [0.15, 0.2) is 42.5 Å². The van der Waals surface area contributed by atoms with Gasteiger partial charge in [0.05, 0.1) is 16.8 Å². The molecule has 1 aliphatic heterocycles. The Bertz CT molecular complexity index is 757. The maximum absolute atomic E-state index is 13.5. The van der Waals surface area contributed by atoms with Gasteiger partial charge >= 0.3 is 0 Å². The van der Waals surface area contributed by atoms with E-state index in [-0.39, 0.29) is 17.5 Å². The average molecular weight is 330 g/mol. The number of amides is 2. The number of rotatable bonds is 6. The third-order valence-electron chi connectivity index (χ3n) is 3.93. The molecule has 0 bridgehead atoms. The lowest BCUT2D eigenvalue weighted by atomic mass is 10.1. The zero-order valence-corrected chi connectivity index (χ0v) is 12.9. The highest BCUT2D eigenvalue weighted by Gasteiger charge is 2.34. The maximum atomic E-state index is 13.5. The Kier molecular flexibility index (Phi) is 4.55. The summed E-state index contributed by atoms with van der Waals surface area (Å²) in [4.78, 5) is 25.6. The van der Waals surface area contributed by atoms with Crippen LogP contribution in [0.2, 0.25) is 0 Å². The van der Waals surface area contributed by atoms with Crippen molar-refractivity contribution in [3.63, 3.8) is 0 Å². The van der Waals surface area contributed by atoms with Gasteiger partial charge in [-0.05, 0) is 37.1 Å². The Hall–Kier alpha value is -2.76. The van der Waals surface area contributed by atoms with Crippen LogP contribution in [0.3, 0.4) is 0 Å². The topological polar surface area (TPSA) is 49.4 Å². The summed E-state index contributed by atoms with van der Waals surface area (Å²) in [6, 6.07) is 10.1. The monoisotopic (exact) mass is 330 g/mol. The summed E-state index contributed by atoms with van der Waals surface area (Å²) in [6.07, 6.45) is 1.24. The molecule has 0 saturated carbocycles. The van der Waals surface area contributed by atoms with Gasteiger partial charge in [0.15, 0.2) is 0 Å². The van der Waals surface area contributed by atoms with E-state index in [1.165, 1.54) is 17.0 Å². The molecular weight excluding hydrogens is 314 g/mol. The van der Waals surface area contributed by atoms with Crippen molar-refractivity contribution in [2.75, 3.05) is 18.4 Å². The van der Waals surface area contributed by atoms with Gasteiger partial charge in [-0.15, -0.1) is 0 Å². The highest BCUT2D eigenvalue weighted by atomic mass is 19.1. The van der Waals surface area contributed by atoms with Crippen molar-refractivity contribution in [2.45, 2.75) is 12.8 Å². The molecule has 1 N–H and O–H groups in total. The summed E-state index contributed by atoms with van der Waals surface area (Å²) >= 11 is 0. The first-order chi connectivity index (χ1) is 11.6. The minimum Gasteiger partial charge on any atom is -0.383 e. The van der Waals surface area contributed by atoms with E-state index in [2.05, 4.69) is 5.32 Å². The van der Waals surface area contributed by atoms with E-state index < -0.39 is 11.6 Å². The number of hydrogen-bond donors (Lipinski definition) is 1. The molecule has 2 aromatic rings. The molecule has 0 aliphatic carbocycles. The van der Waals surface area contributed by atoms with E-state index in [0.717, 1.165) is 6.07 Å². The molecule has 2 amide bonds. The van der Waals surface area contributed by atoms with E-state index in [0.29, 0.717) is 37.1 Å². The van der Waals surface area contributed by atoms with E-state index in [1.54, 1.807) is 24.3 Å². The maximum Gasteiger partial charge on any atom is 0.261 e. The number of halogens is 2. The van der Waals surface area contributed by atoms with Gasteiger partial charge in [-0.1, -0.05) is 12.1 Å². The quantitative estimate of drug-likeness (QED) is 0.652. The van der Waals surface area contributed by atoms with Crippen molar-refractivity contribution in [3.05, 3.63) is 65.2 Å². The van der Waals surface area contributed by atoms with Crippen LogP contribution in [0.4, 0.5) is 14.5 Å². The molecule has 4 nitrogen and oxygen atoms in total. The van der Waals surface area contributed by atoms with Crippen molar-refractivity contribution >= 4 is 17.5 Å². The molecule has 0 unspecified atom stereocenters. The van der Waals surface area contributed by atoms with Gasteiger partial charge in [0.1, 0.15) is 11.6 Å². The van der Waals surface area contributed by atoms with E-state index >= 15 is 0 Å². The fraction of sp³-hybridized carbons (Fsp3) is 0.222. The van der Waals surface area contributed by atoms with Crippen LogP contribution in [0.5, 0.6) is 0 Å². The van der Waals surface area contributed by atoms with Crippen molar-refractivity contribution in [1.29, 1.82) is 0 Å². The Balaban J connectivity index is 1.48. The van der Waals surface area contributed by atoms with Crippen molar-refractivity contribution < 1.29 is 18.4 Å². The Morgan fingerprint density at radius 3 is 2.21 bits per heavy atom. The number of benzene rings is 2. The number of imide groups is 1. The first-order valence-corrected chi connectivity index (χ1v) is 7.72. The zero-order chi connectivity index (χ0) is 17.1. The molecule has 6 heteroatoms. The lowest BCUT2D eigenvalue weighted by Gasteiger charge is -2.14. The average Bonchev–Trinajstić information content (AvgIpc) is 2.81. The number of unbranched alkanes of at least 4 members (excludes halogenated alkanes) is 1. The Morgan fingerprint density at radius 1 is 0.917 bits per heavy atom. The molecule has 1 aliphatic rings. The first kappa shape index (κ1) is 16.1. The first-order valence-electron chi connectivity index (χ1n) is 7.72. The number of fused-ring (bicyclic) bond motifs is 1. The second-order valence-corrected chi connectivity index (χ2v) is 5.57. The third kappa shape index (κ3) is 3.13. The molecule has 0 saturated heterocycles. The van der Waals surface area contributed by atoms with Gasteiger partial charge in [-0.25, -0.2) is 8.78 Å².